The van der Waals surface area contributed by atoms with Gasteiger partial charge in [-0.1, -0.05) is 13.3 Å². The van der Waals surface area contributed by atoms with E-state index in [-0.39, 0.29) is 24.2 Å². The van der Waals surface area contributed by atoms with Crippen LogP contribution in [-0.4, -0.2) is 33.7 Å². The van der Waals surface area contributed by atoms with E-state index in [1.807, 2.05) is 13.0 Å². The monoisotopic (exact) mass is 342 g/mol. The Morgan fingerprint density at radius 2 is 2.16 bits per heavy atom. The molecule has 7 heteroatoms. The summed E-state index contributed by atoms with van der Waals surface area (Å²) in [6.07, 6.45) is 1.36. The molecule has 25 heavy (non-hydrogen) atoms. The minimum absolute atomic E-state index is 0.0278. The molecule has 0 saturated heterocycles. The number of rotatable bonds is 4. The summed E-state index contributed by atoms with van der Waals surface area (Å²) in [6.45, 7) is 3.76. The van der Waals surface area contributed by atoms with E-state index in [1.54, 1.807) is 6.92 Å². The van der Waals surface area contributed by atoms with Crippen LogP contribution in [0.2, 0.25) is 0 Å². The molecule has 1 aromatic heterocycles. The van der Waals surface area contributed by atoms with E-state index in [0.717, 1.165) is 5.56 Å². The van der Waals surface area contributed by atoms with Crippen molar-refractivity contribution < 1.29 is 24.5 Å². The van der Waals surface area contributed by atoms with Gasteiger partial charge in [0.05, 0.1) is 35.0 Å². The smallest absolute Gasteiger partial charge is 0.342 e. The fraction of sp³-hybridized carbons (Fsp3) is 0.389. The highest BCUT2D eigenvalue weighted by molar-refractivity contribution is 6.01. The average Bonchev–Trinajstić information content (AvgIpc) is 2.97. The molecule has 0 spiro atoms. The van der Waals surface area contributed by atoms with Crippen LogP contribution in [-0.2, 0) is 21.6 Å². The molecular weight excluding hydrogens is 324 g/mol. The lowest BCUT2D eigenvalue weighted by Crippen LogP contribution is -2.43. The number of aromatic carboxylic acids is 1. The number of aromatic nitrogens is 1. The van der Waals surface area contributed by atoms with Gasteiger partial charge in [-0.15, -0.1) is 0 Å². The summed E-state index contributed by atoms with van der Waals surface area (Å²) < 4.78 is 5.68. The molecule has 3 rings (SSSR count). The molecule has 1 aliphatic heterocycles. The van der Waals surface area contributed by atoms with Gasteiger partial charge in [0.1, 0.15) is 0 Å². The number of carboxylic acid groups (broad SMARTS) is 2. The molecule has 0 aliphatic carbocycles. The number of nitriles is 1. The van der Waals surface area contributed by atoms with E-state index >= 15 is 0 Å². The second kappa shape index (κ2) is 5.90. The zero-order chi connectivity index (χ0) is 18.4. The van der Waals surface area contributed by atoms with Gasteiger partial charge in [0, 0.05) is 5.39 Å². The molecule has 0 bridgehead atoms. The Morgan fingerprint density at radius 3 is 2.72 bits per heavy atom. The van der Waals surface area contributed by atoms with Crippen molar-refractivity contribution in [1.29, 1.82) is 5.26 Å². The van der Waals surface area contributed by atoms with Gasteiger partial charge >= 0.3 is 11.9 Å². The summed E-state index contributed by atoms with van der Waals surface area (Å²) in [6, 6.07) is 3.40. The van der Waals surface area contributed by atoms with E-state index in [2.05, 4.69) is 4.98 Å². The first kappa shape index (κ1) is 17.0. The fourth-order valence-electron chi connectivity index (χ4n) is 3.71. The number of ether oxygens (including phenoxy) is 1. The third-order valence-corrected chi connectivity index (χ3v) is 4.84. The zero-order valence-electron chi connectivity index (χ0n) is 14.0. The first-order valence-corrected chi connectivity index (χ1v) is 8.06. The van der Waals surface area contributed by atoms with Crippen LogP contribution in [0, 0.1) is 18.3 Å². The molecule has 0 amide bonds. The summed E-state index contributed by atoms with van der Waals surface area (Å²) in [7, 11) is 0. The molecule has 3 N–H and O–H groups in total. The van der Waals surface area contributed by atoms with Crippen LogP contribution in [0.5, 0.6) is 0 Å². The molecule has 2 heterocycles. The average molecular weight is 342 g/mol. The predicted molar refractivity (Wildman–Crippen MR) is 88.6 cm³/mol. The number of hydrogen-bond donors (Lipinski definition) is 3. The number of aliphatic carboxylic acids is 1. The lowest BCUT2D eigenvalue weighted by Gasteiger charge is -2.33. The van der Waals surface area contributed by atoms with Crippen LogP contribution in [0.4, 0.5) is 0 Å². The number of carbonyl (C=O) groups is 2. The maximum Gasteiger partial charge on any atom is 0.342 e. The first-order valence-electron chi connectivity index (χ1n) is 8.06. The minimum atomic E-state index is -1.50. The maximum absolute atomic E-state index is 12.0. The van der Waals surface area contributed by atoms with E-state index in [4.69, 9.17) is 4.74 Å². The fourth-order valence-corrected chi connectivity index (χ4v) is 3.71. The first-order chi connectivity index (χ1) is 11.9. The molecule has 2 aromatic rings. The molecular formula is C18H18N2O5. The van der Waals surface area contributed by atoms with Crippen molar-refractivity contribution in [3.63, 3.8) is 0 Å². The Kier molecular flexibility index (Phi) is 4.01. The number of nitrogens with one attached hydrogen (secondary N) is 1. The van der Waals surface area contributed by atoms with Crippen molar-refractivity contribution in [3.05, 3.63) is 34.0 Å². The van der Waals surface area contributed by atoms with Crippen LogP contribution >= 0.6 is 0 Å². The van der Waals surface area contributed by atoms with Gasteiger partial charge in [-0.25, -0.2) is 9.59 Å². The lowest BCUT2D eigenvalue weighted by molar-refractivity contribution is -0.171. The molecule has 0 saturated carbocycles. The maximum atomic E-state index is 12.0. The standard InChI is InChI=1S/C18H18N2O5/c1-3-5-18(17(23)24)15-11(4-6-25-18)13-10(8-19)7-12(16(21)22)9(2)14(13)20-15/h7,20H,3-6H2,1-2H3,(H,21,22)(H,23,24). The second-order valence-corrected chi connectivity index (χ2v) is 6.22. The van der Waals surface area contributed by atoms with Crippen molar-refractivity contribution in [2.24, 2.45) is 0 Å². The third-order valence-electron chi connectivity index (χ3n) is 4.84. The van der Waals surface area contributed by atoms with Gasteiger partial charge in [0.2, 0.25) is 5.60 Å². The van der Waals surface area contributed by atoms with Crippen molar-refractivity contribution in [2.45, 2.75) is 38.7 Å². The number of nitrogens with zero attached hydrogens (tertiary/aromatic N) is 1. The molecule has 0 fully saturated rings. The highest BCUT2D eigenvalue weighted by atomic mass is 16.5. The van der Waals surface area contributed by atoms with Crippen molar-refractivity contribution in [3.8, 4) is 6.07 Å². The van der Waals surface area contributed by atoms with Crippen LogP contribution in [0.1, 0.15) is 52.5 Å². The number of aryl methyl sites for hydroxylation is 1. The Labute approximate surface area is 143 Å². The van der Waals surface area contributed by atoms with Gasteiger partial charge in [0.25, 0.3) is 0 Å². The highest BCUT2D eigenvalue weighted by Gasteiger charge is 2.47. The molecule has 1 aromatic carbocycles. The minimum Gasteiger partial charge on any atom is -0.479 e. The molecule has 7 nitrogen and oxygen atoms in total. The van der Waals surface area contributed by atoms with Crippen LogP contribution in [0.15, 0.2) is 6.07 Å². The van der Waals surface area contributed by atoms with Gasteiger partial charge < -0.3 is 19.9 Å². The predicted octanol–water partition coefficient (Wildman–Crippen LogP) is 2.70. The SMILES string of the molecule is CCCC1(C(=O)O)OCCc2c1[nH]c1c(C)c(C(=O)O)cc(C#N)c21. The summed E-state index contributed by atoms with van der Waals surface area (Å²) in [5, 5.41) is 29.3. The van der Waals surface area contributed by atoms with Crippen LogP contribution < -0.4 is 0 Å². The number of aromatic amines is 1. The Hall–Kier alpha value is -2.85. The van der Waals surface area contributed by atoms with E-state index in [1.165, 1.54) is 6.07 Å². The second-order valence-electron chi connectivity index (χ2n) is 6.22. The topological polar surface area (TPSA) is 123 Å². The summed E-state index contributed by atoms with van der Waals surface area (Å²) in [5.41, 5.74) is 0.886. The normalized spacial score (nSPS) is 19.4. The molecule has 1 aliphatic rings. The number of fused-ring (bicyclic) bond motifs is 3. The van der Waals surface area contributed by atoms with E-state index in [0.29, 0.717) is 35.0 Å². The summed E-state index contributed by atoms with van der Waals surface area (Å²) in [5.74, 6) is -2.21. The van der Waals surface area contributed by atoms with Gasteiger partial charge in [0.15, 0.2) is 0 Å². The van der Waals surface area contributed by atoms with Crippen LogP contribution in [0.25, 0.3) is 10.9 Å². The largest absolute Gasteiger partial charge is 0.479 e. The summed E-state index contributed by atoms with van der Waals surface area (Å²) in [4.78, 5) is 26.6. The van der Waals surface area contributed by atoms with Crippen molar-refractivity contribution >= 4 is 22.8 Å². The quantitative estimate of drug-likeness (QED) is 0.785. The Morgan fingerprint density at radius 1 is 1.44 bits per heavy atom. The summed E-state index contributed by atoms with van der Waals surface area (Å²) >= 11 is 0. The van der Waals surface area contributed by atoms with Crippen molar-refractivity contribution in [2.75, 3.05) is 6.61 Å². The molecule has 130 valence electrons. The molecule has 0 radical (unpaired) electrons. The third kappa shape index (κ3) is 2.29. The zero-order valence-corrected chi connectivity index (χ0v) is 14.0. The number of H-pyrrole nitrogens is 1. The molecule has 1 unspecified atom stereocenters. The van der Waals surface area contributed by atoms with Gasteiger partial charge in [-0.2, -0.15) is 5.26 Å². The number of carboxylic acids is 2. The Bertz CT molecular complexity index is 937. The molecule has 1 atom stereocenters. The highest BCUT2D eigenvalue weighted by Crippen LogP contribution is 2.42. The van der Waals surface area contributed by atoms with Crippen LogP contribution in [0.3, 0.4) is 0 Å². The van der Waals surface area contributed by atoms with Crippen molar-refractivity contribution in [1.82, 2.24) is 4.98 Å². The number of hydrogen-bond acceptors (Lipinski definition) is 4. The van der Waals surface area contributed by atoms with E-state index < -0.39 is 17.5 Å². The lowest BCUT2D eigenvalue weighted by atomic mass is 9.86. The van der Waals surface area contributed by atoms with E-state index in [9.17, 15) is 25.1 Å². The van der Waals surface area contributed by atoms with Gasteiger partial charge in [-0.3, -0.25) is 0 Å². The Balaban J connectivity index is 2.42. The number of benzene rings is 1. The van der Waals surface area contributed by atoms with Gasteiger partial charge in [-0.05, 0) is 37.0 Å².